The zero-order chi connectivity index (χ0) is 48.0. The summed E-state index contributed by atoms with van der Waals surface area (Å²) in [6.07, 6.45) is 14.8. The Morgan fingerprint density at radius 1 is 0.797 bits per heavy atom. The van der Waals surface area contributed by atoms with Crippen LogP contribution in [0.1, 0.15) is 103 Å². The number of β-amino-alcohol motifs (C(OH)–C–C–N with tert-alkyl or cyclic N) is 1. The van der Waals surface area contributed by atoms with Gasteiger partial charge in [0.2, 0.25) is 17.7 Å². The molecule has 4 atom stereocenters. The summed E-state index contributed by atoms with van der Waals surface area (Å²) in [5.41, 5.74) is 3.10. The van der Waals surface area contributed by atoms with Crippen LogP contribution in [0.5, 0.6) is 5.75 Å². The van der Waals surface area contributed by atoms with E-state index in [0.29, 0.717) is 35.4 Å². The average Bonchev–Trinajstić information content (AvgIpc) is 4.05. The van der Waals surface area contributed by atoms with Gasteiger partial charge < -0.3 is 45.8 Å². The number of terminal acetylenes is 1. The van der Waals surface area contributed by atoms with Gasteiger partial charge in [-0.1, -0.05) is 51.0 Å². The number of piperidine rings is 2. The van der Waals surface area contributed by atoms with Crippen molar-refractivity contribution in [1.29, 1.82) is 0 Å². The second-order valence-corrected chi connectivity index (χ2v) is 22.2. The lowest BCUT2D eigenvalue weighted by Crippen LogP contribution is -2.61. The lowest BCUT2D eigenvalue weighted by atomic mass is 9.82. The van der Waals surface area contributed by atoms with Crippen molar-refractivity contribution in [1.82, 2.24) is 40.4 Å². The summed E-state index contributed by atoms with van der Waals surface area (Å²) in [5, 5.41) is 40.1. The van der Waals surface area contributed by atoms with E-state index in [1.165, 1.54) is 30.6 Å². The number of hydrogen-bond donors (Lipinski definition) is 5. The van der Waals surface area contributed by atoms with E-state index in [0.717, 1.165) is 114 Å². The van der Waals surface area contributed by atoms with Crippen LogP contribution in [0.3, 0.4) is 0 Å². The van der Waals surface area contributed by atoms with Gasteiger partial charge in [0.05, 0.1) is 29.1 Å². The van der Waals surface area contributed by atoms with Gasteiger partial charge in [0.1, 0.15) is 17.8 Å². The van der Waals surface area contributed by atoms with Gasteiger partial charge in [0, 0.05) is 74.3 Å². The Bertz CT molecular complexity index is 2390. The molecule has 15 nitrogen and oxygen atoms in total. The van der Waals surface area contributed by atoms with Crippen LogP contribution in [0.25, 0.3) is 11.3 Å². The van der Waals surface area contributed by atoms with Crippen molar-refractivity contribution >= 4 is 29.2 Å². The predicted octanol–water partition coefficient (Wildman–Crippen LogP) is 4.53. The summed E-state index contributed by atoms with van der Waals surface area (Å²) in [7, 11) is 0. The minimum atomic E-state index is -0.835. The molecule has 0 unspecified atom stereocenters. The van der Waals surface area contributed by atoms with E-state index in [2.05, 4.69) is 57.7 Å². The number of phenolic OH excluding ortho intramolecular Hbond substituents is 1. The van der Waals surface area contributed by atoms with Crippen LogP contribution in [0, 0.1) is 23.7 Å². The Kier molecular flexibility index (Phi) is 13.4. The van der Waals surface area contributed by atoms with Crippen molar-refractivity contribution in [2.24, 2.45) is 11.3 Å². The zero-order valence-electron chi connectivity index (χ0n) is 40.8. The maximum Gasteiger partial charge on any atom is 0.246 e. The van der Waals surface area contributed by atoms with Crippen LogP contribution >= 0.6 is 0 Å². The number of carbonyl (C=O) groups is 3. The standard InChI is InChI=1S/C54H72N10O5/c1-5-35-10-14-37(15-11-35)54(22-23-54)57-51(68)46-30-42(65)34-64(46)52(69)48(53(2,3)4)56-50(67)36-12-16-38(17-13-36)60-24-18-39(19-25-60)61-26-20-40(21-27-61)62-28-29-63-41(33-62)32-55-49-45(63)31-44(58-59-49)43-8-6-7-9-47(43)66/h1,6-11,14-15,31,36,38-42,46,48,65-66H,12-13,16-30,32-34H2,2-4H3,(H,55,59)(H,56,67)(H,57,68)/t36-,38-,41-,42+,46-,48+/m0/s1. The molecule has 0 bridgehead atoms. The number of aliphatic hydroxyl groups is 1. The number of hydrogen-bond acceptors (Lipinski definition) is 12. The zero-order valence-corrected chi connectivity index (χ0v) is 40.8. The van der Waals surface area contributed by atoms with Crippen LogP contribution in [-0.2, 0) is 19.9 Å². The fourth-order valence-corrected chi connectivity index (χ4v) is 12.6. The number of nitrogens with one attached hydrogen (secondary N) is 3. The first-order valence-electron chi connectivity index (χ1n) is 25.8. The number of nitrogens with zero attached hydrogens (tertiary/aromatic N) is 7. The number of amides is 3. The normalized spacial score (nSPS) is 27.3. The second kappa shape index (κ2) is 19.5. The number of likely N-dealkylation sites (tertiary alicyclic amines) is 3. The topological polar surface area (TPSA) is 170 Å². The molecule has 3 aromatic rings. The summed E-state index contributed by atoms with van der Waals surface area (Å²) >= 11 is 0. The molecule has 1 aromatic heterocycles. The highest BCUT2D eigenvalue weighted by molar-refractivity contribution is 5.94. The monoisotopic (exact) mass is 941 g/mol. The van der Waals surface area contributed by atoms with Gasteiger partial charge in [0.15, 0.2) is 5.82 Å². The van der Waals surface area contributed by atoms with Crippen LogP contribution < -0.4 is 20.9 Å². The summed E-state index contributed by atoms with van der Waals surface area (Å²) in [4.78, 5) is 54.4. The Morgan fingerprint density at radius 3 is 2.09 bits per heavy atom. The largest absolute Gasteiger partial charge is 0.507 e. The number of aromatic nitrogens is 2. The van der Waals surface area contributed by atoms with Crippen LogP contribution in [0.15, 0.2) is 54.6 Å². The van der Waals surface area contributed by atoms with Gasteiger partial charge in [0.25, 0.3) is 0 Å². The first-order chi connectivity index (χ1) is 33.3. The highest BCUT2D eigenvalue weighted by Crippen LogP contribution is 2.46. The second-order valence-electron chi connectivity index (χ2n) is 22.2. The number of anilines is 2. The molecule has 3 amide bonds. The molecule has 2 aromatic carbocycles. The first kappa shape index (κ1) is 47.4. The minimum Gasteiger partial charge on any atom is -0.507 e. The molecule has 368 valence electrons. The van der Waals surface area contributed by atoms with E-state index in [9.17, 15) is 24.6 Å². The molecule has 5 aliphatic heterocycles. The molecular formula is C54H72N10O5. The van der Waals surface area contributed by atoms with Gasteiger partial charge in [-0.3, -0.25) is 19.3 Å². The van der Waals surface area contributed by atoms with Crippen LogP contribution in [0.2, 0.25) is 0 Å². The number of rotatable bonds is 10. The number of fused-ring (bicyclic) bond motifs is 3. The number of piperazine rings is 1. The Balaban J connectivity index is 0.665. The molecule has 2 aliphatic carbocycles. The molecule has 2 saturated carbocycles. The third kappa shape index (κ3) is 9.92. The Hall–Kier alpha value is -5.27. The fourth-order valence-electron chi connectivity index (χ4n) is 12.6. The van der Waals surface area contributed by atoms with Crippen LogP contribution in [-0.4, -0.2) is 159 Å². The minimum absolute atomic E-state index is 0.0537. The lowest BCUT2D eigenvalue weighted by molar-refractivity contribution is -0.145. The van der Waals surface area contributed by atoms with E-state index >= 15 is 0 Å². The smallest absolute Gasteiger partial charge is 0.246 e. The molecule has 6 fully saturated rings. The van der Waals surface area contributed by atoms with Gasteiger partial charge in [-0.15, -0.1) is 16.6 Å². The van der Waals surface area contributed by atoms with Crippen molar-refractivity contribution in [2.75, 3.05) is 69.1 Å². The third-order valence-electron chi connectivity index (χ3n) is 16.9. The summed E-state index contributed by atoms with van der Waals surface area (Å²) in [6, 6.07) is 17.4. The average molecular weight is 941 g/mol. The maximum absolute atomic E-state index is 14.4. The summed E-state index contributed by atoms with van der Waals surface area (Å²) in [5.74, 6) is 2.82. The number of benzene rings is 2. The molecule has 0 radical (unpaired) electrons. The number of phenols is 1. The number of aliphatic hydroxyl groups excluding tert-OH is 1. The van der Waals surface area contributed by atoms with Gasteiger partial charge in [-0.25, -0.2) is 0 Å². The molecular weight excluding hydrogens is 869 g/mol. The van der Waals surface area contributed by atoms with E-state index in [4.69, 9.17) is 6.42 Å². The lowest BCUT2D eigenvalue weighted by Gasteiger charge is -2.50. The molecule has 69 heavy (non-hydrogen) atoms. The highest BCUT2D eigenvalue weighted by atomic mass is 16.3. The molecule has 10 rings (SSSR count). The number of carbonyl (C=O) groups excluding carboxylic acids is 3. The van der Waals surface area contributed by atoms with Crippen molar-refractivity contribution in [3.63, 3.8) is 0 Å². The first-order valence-corrected chi connectivity index (χ1v) is 25.8. The van der Waals surface area contributed by atoms with Crippen molar-refractivity contribution in [3.05, 3.63) is 65.7 Å². The Labute approximate surface area is 407 Å². The fraction of sp³-hybridized carbons (Fsp3) is 0.611. The molecule has 7 aliphatic rings. The van der Waals surface area contributed by atoms with E-state index in [1.54, 1.807) is 6.07 Å². The van der Waals surface area contributed by atoms with Crippen molar-refractivity contribution in [3.8, 4) is 29.4 Å². The van der Waals surface area contributed by atoms with E-state index < -0.39 is 29.1 Å². The Morgan fingerprint density at radius 2 is 1.45 bits per heavy atom. The number of aromatic hydroxyl groups is 1. The quantitative estimate of drug-likeness (QED) is 0.181. The molecule has 5 N–H and O–H groups in total. The van der Waals surface area contributed by atoms with Gasteiger partial charge in [-0.2, -0.15) is 0 Å². The SMILES string of the molecule is C#Cc1ccc(C2(NC(=O)[C@@H]3C[C@@H](O)CN3C(=O)[C@@H](NC(=O)[C@H]3CC[C@H](N4CCC(N5CCC(N6CCN7c8cc(-c9ccccc9O)nnc8NC[C@H]7C6)CC5)CC4)CC3)C(C)(C)C)CC2)cc1. The third-order valence-corrected chi connectivity index (χ3v) is 16.9. The number of para-hydroxylation sites is 1. The van der Waals surface area contributed by atoms with Gasteiger partial charge >= 0.3 is 0 Å². The summed E-state index contributed by atoms with van der Waals surface area (Å²) < 4.78 is 0. The molecule has 6 heterocycles. The van der Waals surface area contributed by atoms with Crippen molar-refractivity contribution < 1.29 is 24.6 Å². The highest BCUT2D eigenvalue weighted by Gasteiger charge is 2.50. The van der Waals surface area contributed by atoms with E-state index in [1.807, 2.05) is 63.2 Å². The van der Waals surface area contributed by atoms with Gasteiger partial charge in [-0.05, 0) is 132 Å². The maximum atomic E-state index is 14.4. The molecule has 0 spiro atoms. The predicted molar refractivity (Wildman–Crippen MR) is 266 cm³/mol. The molecule has 4 saturated heterocycles. The van der Waals surface area contributed by atoms with Crippen LogP contribution in [0.4, 0.5) is 11.5 Å². The van der Waals surface area contributed by atoms with E-state index in [-0.39, 0.29) is 42.4 Å². The van der Waals surface area contributed by atoms with Crippen molar-refractivity contribution in [2.45, 2.75) is 139 Å². The summed E-state index contributed by atoms with van der Waals surface area (Å²) in [6.45, 7) is 14.2. The molecule has 15 heteroatoms.